The van der Waals surface area contributed by atoms with E-state index in [-0.39, 0.29) is 24.3 Å². The van der Waals surface area contributed by atoms with Crippen molar-refractivity contribution in [2.45, 2.75) is 25.9 Å². The zero-order valence-electron chi connectivity index (χ0n) is 17.5. The van der Waals surface area contributed by atoms with Crippen LogP contribution in [0.25, 0.3) is 10.8 Å². The van der Waals surface area contributed by atoms with Gasteiger partial charge in [-0.2, -0.15) is 0 Å². The third-order valence-corrected chi connectivity index (χ3v) is 6.31. The van der Waals surface area contributed by atoms with Crippen LogP contribution in [0.4, 0.5) is 0 Å². The standard InChI is InChI=1S/C25H26N2O4/c28-24(19-6-3-7-19)26-12-14-27(15-13-26)25(29)23-11-10-22(31-23)17-30-21-9-8-18-4-1-2-5-20(18)16-21/h1-2,4-5,8-11,16,19H,3,6-7,12-15,17H2. The molecule has 2 fully saturated rings. The normalized spacial score (nSPS) is 16.9. The van der Waals surface area contributed by atoms with E-state index >= 15 is 0 Å². The first kappa shape index (κ1) is 19.7. The fourth-order valence-electron chi connectivity index (χ4n) is 4.18. The van der Waals surface area contributed by atoms with Crippen LogP contribution in [0.15, 0.2) is 59.0 Å². The molecule has 0 unspecified atom stereocenters. The molecule has 0 bridgehead atoms. The van der Waals surface area contributed by atoms with E-state index in [9.17, 15) is 9.59 Å². The first-order chi connectivity index (χ1) is 15.2. The van der Waals surface area contributed by atoms with Crippen molar-refractivity contribution >= 4 is 22.6 Å². The lowest BCUT2D eigenvalue weighted by Crippen LogP contribution is -2.52. The minimum atomic E-state index is -0.132. The molecule has 2 aliphatic rings. The number of fused-ring (bicyclic) bond motifs is 1. The summed E-state index contributed by atoms with van der Waals surface area (Å²) in [5.74, 6) is 2.01. The Hall–Kier alpha value is -3.28. The molecule has 1 saturated heterocycles. The van der Waals surface area contributed by atoms with E-state index in [2.05, 4.69) is 6.07 Å². The lowest BCUT2D eigenvalue weighted by molar-refractivity contribution is -0.139. The van der Waals surface area contributed by atoms with Crippen LogP contribution >= 0.6 is 0 Å². The van der Waals surface area contributed by atoms with Gasteiger partial charge in [0.1, 0.15) is 18.1 Å². The predicted octanol–water partition coefficient (Wildman–Crippen LogP) is 4.10. The number of hydrogen-bond donors (Lipinski definition) is 0. The van der Waals surface area contributed by atoms with Gasteiger partial charge in [-0.15, -0.1) is 0 Å². The summed E-state index contributed by atoms with van der Waals surface area (Å²) in [6, 6.07) is 17.6. The lowest BCUT2D eigenvalue weighted by Gasteiger charge is -2.37. The molecule has 0 radical (unpaired) electrons. The van der Waals surface area contributed by atoms with Gasteiger partial charge in [0, 0.05) is 32.1 Å². The third-order valence-electron chi connectivity index (χ3n) is 6.31. The summed E-state index contributed by atoms with van der Waals surface area (Å²) < 4.78 is 11.6. The van der Waals surface area contributed by atoms with Gasteiger partial charge in [0.05, 0.1) is 0 Å². The SMILES string of the molecule is O=C(c1ccc(COc2ccc3ccccc3c2)o1)N1CCN(C(=O)C2CCC2)CC1. The summed E-state index contributed by atoms with van der Waals surface area (Å²) >= 11 is 0. The molecular weight excluding hydrogens is 392 g/mol. The Kier molecular flexibility index (Phi) is 5.37. The molecule has 1 aromatic heterocycles. The van der Waals surface area contributed by atoms with Crippen molar-refractivity contribution in [1.29, 1.82) is 0 Å². The molecule has 160 valence electrons. The summed E-state index contributed by atoms with van der Waals surface area (Å²) in [4.78, 5) is 28.8. The molecule has 0 N–H and O–H groups in total. The maximum absolute atomic E-state index is 12.8. The molecule has 2 heterocycles. The minimum Gasteiger partial charge on any atom is -0.486 e. The second-order valence-corrected chi connectivity index (χ2v) is 8.31. The van der Waals surface area contributed by atoms with Crippen molar-refractivity contribution in [3.63, 3.8) is 0 Å². The number of hydrogen-bond acceptors (Lipinski definition) is 4. The molecule has 2 aromatic carbocycles. The lowest BCUT2D eigenvalue weighted by atomic mass is 9.84. The number of carbonyl (C=O) groups excluding carboxylic acids is 2. The molecule has 5 rings (SSSR count). The third kappa shape index (κ3) is 4.15. The topological polar surface area (TPSA) is 63.0 Å². The monoisotopic (exact) mass is 418 g/mol. The number of piperazine rings is 1. The highest BCUT2D eigenvalue weighted by Gasteiger charge is 2.32. The van der Waals surface area contributed by atoms with Crippen LogP contribution in [0.2, 0.25) is 0 Å². The van der Waals surface area contributed by atoms with Gasteiger partial charge in [-0.05, 0) is 47.9 Å². The number of carbonyl (C=O) groups is 2. The van der Waals surface area contributed by atoms with Crippen LogP contribution in [0.5, 0.6) is 5.75 Å². The molecule has 2 amide bonds. The first-order valence-electron chi connectivity index (χ1n) is 11.0. The highest BCUT2D eigenvalue weighted by atomic mass is 16.5. The Labute approximate surface area is 181 Å². The fourth-order valence-corrected chi connectivity index (χ4v) is 4.18. The smallest absolute Gasteiger partial charge is 0.289 e. The molecule has 0 atom stereocenters. The first-order valence-corrected chi connectivity index (χ1v) is 11.0. The molecule has 1 saturated carbocycles. The molecule has 6 nitrogen and oxygen atoms in total. The number of amides is 2. The second-order valence-electron chi connectivity index (χ2n) is 8.31. The van der Waals surface area contributed by atoms with Crippen molar-refractivity contribution in [3.8, 4) is 5.75 Å². The van der Waals surface area contributed by atoms with Crippen molar-refractivity contribution in [2.75, 3.05) is 26.2 Å². The van der Waals surface area contributed by atoms with Crippen molar-refractivity contribution in [2.24, 2.45) is 5.92 Å². The largest absolute Gasteiger partial charge is 0.486 e. The summed E-state index contributed by atoms with van der Waals surface area (Å²) in [6.07, 6.45) is 3.17. The number of benzene rings is 2. The summed E-state index contributed by atoms with van der Waals surface area (Å²) in [6.45, 7) is 2.54. The van der Waals surface area contributed by atoms with Crippen LogP contribution in [0.3, 0.4) is 0 Å². The van der Waals surface area contributed by atoms with Crippen LogP contribution in [0, 0.1) is 5.92 Å². The van der Waals surface area contributed by atoms with Crippen molar-refractivity contribution in [3.05, 3.63) is 66.1 Å². The van der Waals surface area contributed by atoms with Crippen molar-refractivity contribution < 1.29 is 18.7 Å². The number of ether oxygens (including phenoxy) is 1. The van der Waals surface area contributed by atoms with E-state index in [0.717, 1.165) is 35.8 Å². The van der Waals surface area contributed by atoms with Gasteiger partial charge in [0.2, 0.25) is 5.91 Å². The molecule has 0 spiro atoms. The van der Waals surface area contributed by atoms with Gasteiger partial charge >= 0.3 is 0 Å². The van der Waals surface area contributed by atoms with Crippen molar-refractivity contribution in [1.82, 2.24) is 9.80 Å². The van der Waals surface area contributed by atoms with Crippen LogP contribution in [-0.4, -0.2) is 47.8 Å². The Bertz CT molecular complexity index is 1090. The van der Waals surface area contributed by atoms with E-state index in [0.29, 0.717) is 37.7 Å². The predicted molar refractivity (Wildman–Crippen MR) is 117 cm³/mol. The highest BCUT2D eigenvalue weighted by Crippen LogP contribution is 2.28. The Morgan fingerprint density at radius 2 is 1.65 bits per heavy atom. The summed E-state index contributed by atoms with van der Waals surface area (Å²) in [5.41, 5.74) is 0. The zero-order chi connectivity index (χ0) is 21.2. The van der Waals surface area contributed by atoms with Gasteiger partial charge in [0.25, 0.3) is 5.91 Å². The average Bonchev–Trinajstić information content (AvgIpc) is 3.25. The van der Waals surface area contributed by atoms with E-state index in [1.165, 1.54) is 0 Å². The van der Waals surface area contributed by atoms with Crippen LogP contribution < -0.4 is 4.74 Å². The molecule has 31 heavy (non-hydrogen) atoms. The Balaban J connectivity index is 1.15. The molecule has 3 aromatic rings. The Morgan fingerprint density at radius 3 is 2.39 bits per heavy atom. The van der Waals surface area contributed by atoms with Crippen LogP contribution in [-0.2, 0) is 11.4 Å². The minimum absolute atomic E-state index is 0.132. The van der Waals surface area contributed by atoms with Gasteiger partial charge in [0.15, 0.2) is 5.76 Å². The quantitative estimate of drug-likeness (QED) is 0.626. The summed E-state index contributed by atoms with van der Waals surface area (Å²) in [7, 11) is 0. The van der Waals surface area contributed by atoms with Gasteiger partial charge < -0.3 is 19.0 Å². The van der Waals surface area contributed by atoms with Crippen LogP contribution in [0.1, 0.15) is 35.6 Å². The van der Waals surface area contributed by atoms with Gasteiger partial charge in [-0.1, -0.05) is 36.8 Å². The van der Waals surface area contributed by atoms with Gasteiger partial charge in [-0.25, -0.2) is 0 Å². The molecule has 1 aliphatic carbocycles. The maximum Gasteiger partial charge on any atom is 0.289 e. The van der Waals surface area contributed by atoms with E-state index < -0.39 is 0 Å². The Morgan fingerprint density at radius 1 is 0.903 bits per heavy atom. The zero-order valence-corrected chi connectivity index (χ0v) is 17.5. The average molecular weight is 418 g/mol. The second kappa shape index (κ2) is 8.46. The van der Waals surface area contributed by atoms with E-state index in [4.69, 9.17) is 9.15 Å². The van der Waals surface area contributed by atoms with E-state index in [1.54, 1.807) is 17.0 Å². The molecular formula is C25H26N2O4. The fraction of sp³-hybridized carbons (Fsp3) is 0.360. The number of rotatable bonds is 5. The maximum atomic E-state index is 12.8. The van der Waals surface area contributed by atoms with Gasteiger partial charge in [-0.3, -0.25) is 9.59 Å². The highest BCUT2D eigenvalue weighted by molar-refractivity contribution is 5.92. The molecule has 6 heteroatoms. The van der Waals surface area contributed by atoms with E-state index in [1.807, 2.05) is 41.3 Å². The number of nitrogens with zero attached hydrogens (tertiary/aromatic N) is 2. The molecule has 1 aliphatic heterocycles. The number of furan rings is 1. The summed E-state index contributed by atoms with van der Waals surface area (Å²) in [5, 5.41) is 2.28.